The number of halogens is 1. The number of carbonyl (C=O) groups excluding carboxylic acids is 2. The molecule has 1 N–H and O–H groups in total. The maximum atomic E-state index is 13.3. The minimum absolute atomic E-state index is 0.0320. The number of likely N-dealkylation sites (tertiary alicyclic amines) is 1. The Morgan fingerprint density at radius 2 is 1.69 bits per heavy atom. The largest absolute Gasteiger partial charge is 0.507 e. The second kappa shape index (κ2) is 10.2. The zero-order valence-electron chi connectivity index (χ0n) is 19.3. The molecule has 1 unspecified atom stereocenters. The average molecular weight is 539 g/mol. The van der Waals surface area contributed by atoms with Gasteiger partial charge in [0.2, 0.25) is 5.75 Å². The summed E-state index contributed by atoms with van der Waals surface area (Å²) in [6, 6.07) is 12.8. The lowest BCUT2D eigenvalue weighted by molar-refractivity contribution is -0.140. The van der Waals surface area contributed by atoms with Crippen LogP contribution in [0.2, 0.25) is 0 Å². The van der Waals surface area contributed by atoms with Crippen LogP contribution in [0.5, 0.6) is 17.2 Å². The number of hydrogen-bond acceptors (Lipinski definition) is 7. The Morgan fingerprint density at radius 3 is 2.23 bits per heavy atom. The van der Waals surface area contributed by atoms with Crippen LogP contribution >= 0.6 is 15.9 Å². The molecule has 2 heterocycles. The van der Waals surface area contributed by atoms with Crippen LogP contribution in [0.25, 0.3) is 5.76 Å². The molecule has 1 atom stereocenters. The topological polar surface area (TPSA) is 98.2 Å². The molecule has 8 nitrogen and oxygen atoms in total. The lowest BCUT2D eigenvalue weighted by Crippen LogP contribution is -2.29. The van der Waals surface area contributed by atoms with Gasteiger partial charge in [0.05, 0.1) is 32.9 Å². The summed E-state index contributed by atoms with van der Waals surface area (Å²) in [5.41, 5.74) is 1.62. The van der Waals surface area contributed by atoms with Crippen LogP contribution in [0.1, 0.15) is 22.7 Å². The van der Waals surface area contributed by atoms with Crippen molar-refractivity contribution in [2.75, 3.05) is 21.3 Å². The smallest absolute Gasteiger partial charge is 0.295 e. The number of amides is 1. The van der Waals surface area contributed by atoms with Gasteiger partial charge >= 0.3 is 0 Å². The Bertz CT molecular complexity index is 1270. The molecule has 1 saturated heterocycles. The lowest BCUT2D eigenvalue weighted by atomic mass is 9.94. The zero-order chi connectivity index (χ0) is 25.1. The van der Waals surface area contributed by atoms with E-state index >= 15 is 0 Å². The number of hydrogen-bond donors (Lipinski definition) is 1. The maximum absolute atomic E-state index is 13.3. The van der Waals surface area contributed by atoms with E-state index in [1.54, 1.807) is 54.9 Å². The molecule has 0 aliphatic carbocycles. The van der Waals surface area contributed by atoms with Crippen molar-refractivity contribution in [1.82, 2.24) is 9.88 Å². The van der Waals surface area contributed by atoms with E-state index in [1.165, 1.54) is 26.2 Å². The molecule has 180 valence electrons. The highest BCUT2D eigenvalue weighted by Gasteiger charge is 2.46. The maximum Gasteiger partial charge on any atom is 0.295 e. The highest BCUT2D eigenvalue weighted by atomic mass is 79.9. The minimum atomic E-state index is -0.910. The first-order valence-corrected chi connectivity index (χ1v) is 11.4. The van der Waals surface area contributed by atoms with Gasteiger partial charge in [-0.1, -0.05) is 34.1 Å². The van der Waals surface area contributed by atoms with E-state index in [4.69, 9.17) is 14.2 Å². The first kappa shape index (κ1) is 24.3. The van der Waals surface area contributed by atoms with E-state index in [0.29, 0.717) is 28.4 Å². The molecule has 1 aliphatic heterocycles. The predicted molar refractivity (Wildman–Crippen MR) is 132 cm³/mol. The van der Waals surface area contributed by atoms with Crippen molar-refractivity contribution < 1.29 is 28.9 Å². The molecular weight excluding hydrogens is 516 g/mol. The minimum Gasteiger partial charge on any atom is -0.507 e. The molecule has 1 aromatic heterocycles. The van der Waals surface area contributed by atoms with E-state index < -0.39 is 17.7 Å². The van der Waals surface area contributed by atoms with Gasteiger partial charge in [-0.3, -0.25) is 14.6 Å². The second-order valence-corrected chi connectivity index (χ2v) is 8.67. The van der Waals surface area contributed by atoms with Crippen LogP contribution in [0.4, 0.5) is 0 Å². The molecule has 0 saturated carbocycles. The number of ketones is 1. The van der Waals surface area contributed by atoms with Crippen molar-refractivity contribution >= 4 is 33.4 Å². The van der Waals surface area contributed by atoms with Gasteiger partial charge in [0.1, 0.15) is 5.76 Å². The Kier molecular flexibility index (Phi) is 7.07. The van der Waals surface area contributed by atoms with E-state index in [1.807, 2.05) is 6.07 Å². The van der Waals surface area contributed by atoms with Crippen molar-refractivity contribution in [2.45, 2.75) is 12.6 Å². The Hall–Kier alpha value is -3.85. The molecule has 35 heavy (non-hydrogen) atoms. The molecule has 1 aliphatic rings. The number of nitrogens with zero attached hydrogens (tertiary/aromatic N) is 2. The van der Waals surface area contributed by atoms with E-state index in [9.17, 15) is 14.7 Å². The third-order valence-corrected chi connectivity index (χ3v) is 6.26. The number of methoxy groups -OCH3 is 3. The summed E-state index contributed by atoms with van der Waals surface area (Å²) in [6.45, 7) is 0.108. The van der Waals surface area contributed by atoms with E-state index in [2.05, 4.69) is 20.9 Å². The van der Waals surface area contributed by atoms with E-state index in [-0.39, 0.29) is 17.9 Å². The molecule has 3 aromatic rings. The first-order chi connectivity index (χ1) is 16.9. The Labute approximate surface area is 210 Å². The summed E-state index contributed by atoms with van der Waals surface area (Å²) >= 11 is 3.37. The summed E-state index contributed by atoms with van der Waals surface area (Å²) in [5.74, 6) is -0.701. The van der Waals surface area contributed by atoms with Gasteiger partial charge in [0, 0.05) is 29.0 Å². The number of aliphatic hydroxyl groups is 1. The summed E-state index contributed by atoms with van der Waals surface area (Å²) < 4.78 is 17.2. The summed E-state index contributed by atoms with van der Waals surface area (Å²) in [7, 11) is 4.45. The molecule has 0 radical (unpaired) electrons. The highest BCUT2D eigenvalue weighted by Crippen LogP contribution is 2.46. The van der Waals surface area contributed by atoms with Crippen molar-refractivity contribution in [3.8, 4) is 17.2 Å². The van der Waals surface area contributed by atoms with Crippen LogP contribution < -0.4 is 14.2 Å². The summed E-state index contributed by atoms with van der Waals surface area (Å²) in [4.78, 5) is 32.0. The van der Waals surface area contributed by atoms with Crippen LogP contribution in [-0.2, 0) is 16.1 Å². The average Bonchev–Trinajstić information content (AvgIpc) is 3.13. The molecule has 2 aromatic carbocycles. The van der Waals surface area contributed by atoms with E-state index in [0.717, 1.165) is 10.0 Å². The molecular formula is C26H23BrN2O6. The number of benzene rings is 2. The van der Waals surface area contributed by atoms with Crippen molar-refractivity contribution in [3.05, 3.63) is 87.7 Å². The van der Waals surface area contributed by atoms with Crippen molar-refractivity contribution in [1.29, 1.82) is 0 Å². The number of ether oxygens (including phenoxy) is 3. The van der Waals surface area contributed by atoms with Crippen LogP contribution in [-0.4, -0.2) is 48.0 Å². The van der Waals surface area contributed by atoms with Gasteiger partial charge in [-0.05, 0) is 41.5 Å². The fourth-order valence-corrected chi connectivity index (χ4v) is 4.36. The highest BCUT2D eigenvalue weighted by molar-refractivity contribution is 9.10. The van der Waals surface area contributed by atoms with Gasteiger partial charge in [0.15, 0.2) is 11.5 Å². The van der Waals surface area contributed by atoms with Gasteiger partial charge in [-0.25, -0.2) is 0 Å². The fraction of sp³-hybridized carbons (Fsp3) is 0.192. The van der Waals surface area contributed by atoms with Crippen LogP contribution in [0.3, 0.4) is 0 Å². The van der Waals surface area contributed by atoms with Gasteiger partial charge in [0.25, 0.3) is 11.7 Å². The quantitative estimate of drug-likeness (QED) is 0.268. The summed E-state index contributed by atoms with van der Waals surface area (Å²) in [5, 5.41) is 11.2. The third kappa shape index (κ3) is 4.59. The van der Waals surface area contributed by atoms with Crippen molar-refractivity contribution in [2.24, 2.45) is 0 Å². The number of aliphatic hydroxyl groups excluding tert-OH is 1. The molecule has 1 amide bonds. The zero-order valence-corrected chi connectivity index (χ0v) is 20.9. The second-order valence-electron chi connectivity index (χ2n) is 7.75. The molecule has 9 heteroatoms. The van der Waals surface area contributed by atoms with Crippen LogP contribution in [0, 0.1) is 0 Å². The number of rotatable bonds is 7. The number of Topliss-reactive ketones (excluding diaryl/α,β-unsaturated/α-hetero) is 1. The monoisotopic (exact) mass is 538 g/mol. The lowest BCUT2D eigenvalue weighted by Gasteiger charge is -2.26. The molecule has 0 spiro atoms. The molecule has 4 rings (SSSR count). The number of aromatic nitrogens is 1. The molecule has 1 fully saturated rings. The first-order valence-electron chi connectivity index (χ1n) is 10.6. The normalized spacial score (nSPS) is 16.9. The van der Waals surface area contributed by atoms with Crippen LogP contribution in [0.15, 0.2) is 71.0 Å². The third-order valence-electron chi connectivity index (χ3n) is 5.74. The summed E-state index contributed by atoms with van der Waals surface area (Å²) in [6.07, 6.45) is 3.25. The standard InChI is InChI=1S/C26H23BrN2O6/c1-33-19-11-17(12-20(34-2)25(19)35-3)22-21(23(30)16-6-8-18(27)9-7-16)24(31)26(32)29(22)14-15-5-4-10-28-13-15/h4-13,22,30H,14H2,1-3H3. The van der Waals surface area contributed by atoms with Gasteiger partial charge in [-0.15, -0.1) is 0 Å². The van der Waals surface area contributed by atoms with Gasteiger partial charge < -0.3 is 24.2 Å². The molecule has 0 bridgehead atoms. The predicted octanol–water partition coefficient (Wildman–Crippen LogP) is 4.49. The number of pyridine rings is 1. The van der Waals surface area contributed by atoms with Gasteiger partial charge in [-0.2, -0.15) is 0 Å². The fourth-order valence-electron chi connectivity index (χ4n) is 4.10. The number of carbonyl (C=O) groups is 2. The Morgan fingerprint density at radius 1 is 1.03 bits per heavy atom. The van der Waals surface area contributed by atoms with Crippen molar-refractivity contribution in [3.63, 3.8) is 0 Å². The Balaban J connectivity index is 1.94. The SMILES string of the molecule is COc1cc(C2C(=C(O)c3ccc(Br)cc3)C(=O)C(=O)N2Cc2cccnc2)cc(OC)c1OC.